The van der Waals surface area contributed by atoms with Crippen LogP contribution in [0.1, 0.15) is 22.3 Å². The first-order valence-electron chi connectivity index (χ1n) is 14.8. The van der Waals surface area contributed by atoms with Crippen molar-refractivity contribution in [1.29, 1.82) is 0 Å². The Morgan fingerprint density at radius 3 is 1.33 bits per heavy atom. The van der Waals surface area contributed by atoms with E-state index in [4.69, 9.17) is 23.2 Å². The molecule has 1 saturated heterocycles. The molecule has 0 unspecified atom stereocenters. The molecule has 0 spiro atoms. The maximum Gasteiger partial charge on any atom is 0.239 e. The minimum Gasteiger partial charge on any atom is -0.297 e. The van der Waals surface area contributed by atoms with E-state index < -0.39 is 34.5 Å². The Kier molecular flexibility index (Phi) is 6.25. The standard InChI is InChI=1S/C39H25Cl2NO3/c40-28-21-22-29(41)30(23-28)42-35(43)33-34(36(42)44)39(27-19-11-4-12-20-27)32(25-15-7-2-8-16-25)31(24-13-5-1-6-14-24)38(33,37(39)45)26-17-9-3-10-18-26/h1-23,33-34H/t33-,34-,38-,39-/m0/s1. The van der Waals surface area contributed by atoms with Gasteiger partial charge >= 0.3 is 0 Å². The highest BCUT2D eigenvalue weighted by atomic mass is 35.5. The van der Waals surface area contributed by atoms with E-state index in [-0.39, 0.29) is 16.5 Å². The second-order valence-electron chi connectivity index (χ2n) is 11.7. The first-order chi connectivity index (χ1) is 21.9. The predicted octanol–water partition coefficient (Wildman–Crippen LogP) is 8.18. The summed E-state index contributed by atoms with van der Waals surface area (Å²) >= 11 is 13.0. The van der Waals surface area contributed by atoms with Crippen molar-refractivity contribution in [3.8, 4) is 0 Å². The molecule has 2 aliphatic carbocycles. The van der Waals surface area contributed by atoms with Crippen LogP contribution in [-0.2, 0) is 25.2 Å². The molecule has 0 aromatic heterocycles. The number of anilines is 1. The van der Waals surface area contributed by atoms with Gasteiger partial charge in [0.2, 0.25) is 11.8 Å². The van der Waals surface area contributed by atoms with E-state index >= 15 is 4.79 Å². The summed E-state index contributed by atoms with van der Waals surface area (Å²) < 4.78 is 0. The minimum absolute atomic E-state index is 0.168. The Labute approximate surface area is 270 Å². The van der Waals surface area contributed by atoms with Crippen LogP contribution in [0, 0.1) is 11.8 Å². The van der Waals surface area contributed by atoms with Gasteiger partial charge in [0.15, 0.2) is 5.78 Å². The van der Waals surface area contributed by atoms with Crippen LogP contribution in [0.5, 0.6) is 0 Å². The monoisotopic (exact) mass is 625 g/mol. The number of Topliss-reactive ketones (excluding diaryl/α,β-unsaturated/α-hetero) is 1. The molecular weight excluding hydrogens is 601 g/mol. The molecule has 0 radical (unpaired) electrons. The largest absolute Gasteiger partial charge is 0.297 e. The molecule has 5 aromatic rings. The van der Waals surface area contributed by atoms with Gasteiger partial charge in [0.25, 0.3) is 0 Å². The van der Waals surface area contributed by atoms with E-state index in [1.807, 2.05) is 121 Å². The number of carbonyl (C=O) groups is 3. The number of benzene rings is 5. The van der Waals surface area contributed by atoms with Crippen molar-refractivity contribution < 1.29 is 14.4 Å². The summed E-state index contributed by atoms with van der Waals surface area (Å²) in [5, 5.41) is 0.566. The summed E-state index contributed by atoms with van der Waals surface area (Å²) in [5.41, 5.74) is 1.76. The van der Waals surface area contributed by atoms with Crippen molar-refractivity contribution in [3.63, 3.8) is 0 Å². The van der Waals surface area contributed by atoms with E-state index in [2.05, 4.69) is 0 Å². The van der Waals surface area contributed by atoms with Gasteiger partial charge in [0.05, 0.1) is 33.4 Å². The number of fused-ring (bicyclic) bond motifs is 5. The summed E-state index contributed by atoms with van der Waals surface area (Å²) in [7, 11) is 0. The van der Waals surface area contributed by atoms with Gasteiger partial charge in [-0.1, -0.05) is 145 Å². The lowest BCUT2D eigenvalue weighted by Gasteiger charge is -2.39. The van der Waals surface area contributed by atoms with Crippen LogP contribution in [0.2, 0.25) is 10.0 Å². The molecule has 6 heteroatoms. The van der Waals surface area contributed by atoms with Gasteiger partial charge in [-0.25, -0.2) is 4.90 Å². The molecule has 2 bridgehead atoms. The molecule has 4 nitrogen and oxygen atoms in total. The predicted molar refractivity (Wildman–Crippen MR) is 177 cm³/mol. The SMILES string of the molecule is O=C1[C@@H]2[C@@H](C(=O)N1c1cc(Cl)ccc1Cl)[C@@]1(c3ccccc3)C(=O)[C@@]2(c2ccccc2)C(c2ccccc2)=C1c1ccccc1. The molecule has 2 fully saturated rings. The summed E-state index contributed by atoms with van der Waals surface area (Å²) in [6, 6.07) is 43.2. The number of hydrogen-bond acceptors (Lipinski definition) is 3. The lowest BCUT2D eigenvalue weighted by Crippen LogP contribution is -2.45. The van der Waals surface area contributed by atoms with Crippen LogP contribution >= 0.6 is 23.2 Å². The molecule has 218 valence electrons. The molecule has 1 saturated carbocycles. The fourth-order valence-corrected chi connectivity index (χ4v) is 8.60. The third-order valence-corrected chi connectivity index (χ3v) is 10.3. The number of allylic oxidation sites excluding steroid dienone is 2. The minimum atomic E-state index is -1.47. The molecule has 8 rings (SSSR count). The first-order valence-corrected chi connectivity index (χ1v) is 15.5. The average molecular weight is 627 g/mol. The summed E-state index contributed by atoms with van der Waals surface area (Å²) in [5.74, 6) is -3.16. The Morgan fingerprint density at radius 1 is 0.511 bits per heavy atom. The van der Waals surface area contributed by atoms with Crippen molar-refractivity contribution in [2.75, 3.05) is 4.90 Å². The summed E-state index contributed by atoms with van der Waals surface area (Å²) in [4.78, 5) is 47.0. The fraction of sp³-hybridized carbons (Fsp3) is 0.103. The third kappa shape index (κ3) is 3.52. The normalized spacial score (nSPS) is 25.3. The van der Waals surface area contributed by atoms with Gasteiger partial charge in [-0.3, -0.25) is 14.4 Å². The third-order valence-electron chi connectivity index (χ3n) is 9.73. The number of nitrogens with zero attached hydrogens (tertiary/aromatic N) is 1. The van der Waals surface area contributed by atoms with Gasteiger partial charge in [-0.2, -0.15) is 0 Å². The zero-order valence-corrected chi connectivity index (χ0v) is 25.4. The number of halogens is 2. The number of rotatable bonds is 5. The van der Waals surface area contributed by atoms with Crippen LogP contribution in [0.25, 0.3) is 11.1 Å². The molecule has 1 heterocycles. The van der Waals surface area contributed by atoms with Crippen LogP contribution in [-0.4, -0.2) is 17.6 Å². The Morgan fingerprint density at radius 2 is 0.911 bits per heavy atom. The number of amides is 2. The number of hydrogen-bond donors (Lipinski definition) is 0. The van der Waals surface area contributed by atoms with E-state index in [1.54, 1.807) is 18.2 Å². The zero-order chi connectivity index (χ0) is 30.9. The molecular formula is C39H25Cl2NO3. The number of ketones is 1. The Balaban J connectivity index is 1.56. The van der Waals surface area contributed by atoms with Gasteiger partial charge in [-0.05, 0) is 51.6 Å². The fourth-order valence-electron chi connectivity index (χ4n) is 8.23. The van der Waals surface area contributed by atoms with Gasteiger partial charge in [0.1, 0.15) is 0 Å². The Bertz CT molecular complexity index is 1930. The number of carbonyl (C=O) groups excluding carboxylic acids is 3. The molecule has 0 N–H and O–H groups in total. The van der Waals surface area contributed by atoms with Gasteiger partial charge < -0.3 is 0 Å². The van der Waals surface area contributed by atoms with E-state index in [1.165, 1.54) is 4.90 Å². The van der Waals surface area contributed by atoms with Gasteiger partial charge in [0, 0.05) is 5.02 Å². The first kappa shape index (κ1) is 27.8. The molecule has 45 heavy (non-hydrogen) atoms. The smallest absolute Gasteiger partial charge is 0.239 e. The topological polar surface area (TPSA) is 54.5 Å². The lowest BCUT2D eigenvalue weighted by molar-refractivity contribution is -0.130. The van der Waals surface area contributed by atoms with Crippen LogP contribution < -0.4 is 4.90 Å². The van der Waals surface area contributed by atoms with Crippen molar-refractivity contribution in [3.05, 3.63) is 172 Å². The van der Waals surface area contributed by atoms with E-state index in [9.17, 15) is 9.59 Å². The maximum absolute atomic E-state index is 15.8. The van der Waals surface area contributed by atoms with Crippen LogP contribution in [0.4, 0.5) is 5.69 Å². The highest BCUT2D eigenvalue weighted by Gasteiger charge is 2.82. The molecule has 4 atom stereocenters. The zero-order valence-electron chi connectivity index (χ0n) is 23.9. The van der Waals surface area contributed by atoms with Crippen molar-refractivity contribution in [1.82, 2.24) is 0 Å². The van der Waals surface area contributed by atoms with E-state index in [0.717, 1.165) is 22.3 Å². The molecule has 2 amide bonds. The summed E-state index contributed by atoms with van der Waals surface area (Å²) in [6.07, 6.45) is 0. The average Bonchev–Trinajstić information content (AvgIpc) is 3.59. The second kappa shape index (κ2) is 10.1. The van der Waals surface area contributed by atoms with Crippen LogP contribution in [0.15, 0.2) is 140 Å². The van der Waals surface area contributed by atoms with Gasteiger partial charge in [-0.15, -0.1) is 0 Å². The molecule has 1 aliphatic heterocycles. The summed E-state index contributed by atoms with van der Waals surface area (Å²) in [6.45, 7) is 0. The van der Waals surface area contributed by atoms with E-state index in [0.29, 0.717) is 16.1 Å². The van der Waals surface area contributed by atoms with Crippen LogP contribution in [0.3, 0.4) is 0 Å². The maximum atomic E-state index is 15.8. The molecule has 3 aliphatic rings. The lowest BCUT2D eigenvalue weighted by atomic mass is 9.59. The highest BCUT2D eigenvalue weighted by molar-refractivity contribution is 6.42. The second-order valence-corrected chi connectivity index (χ2v) is 12.6. The number of imide groups is 1. The van der Waals surface area contributed by atoms with Crippen molar-refractivity contribution >= 4 is 57.6 Å². The quantitative estimate of drug-likeness (QED) is 0.185. The highest BCUT2D eigenvalue weighted by Crippen LogP contribution is 2.74. The van der Waals surface area contributed by atoms with Crippen molar-refractivity contribution in [2.45, 2.75) is 10.8 Å². The molecule has 5 aromatic carbocycles. The van der Waals surface area contributed by atoms with Crippen molar-refractivity contribution in [2.24, 2.45) is 11.8 Å². The Hall–Kier alpha value is -4.77.